The van der Waals surface area contributed by atoms with Crippen LogP contribution < -0.4 is 15.0 Å². The summed E-state index contributed by atoms with van der Waals surface area (Å²) >= 11 is 11.8. The largest absolute Gasteiger partial charge is 0.424 e. The van der Waals surface area contributed by atoms with Crippen molar-refractivity contribution in [2.45, 2.75) is 0 Å². The number of benzene rings is 1. The fourth-order valence-corrected chi connectivity index (χ4v) is 1.90. The Morgan fingerprint density at radius 3 is 2.25 bits per heavy atom. The number of nitrogens with one attached hydrogen (secondary N) is 1. The van der Waals surface area contributed by atoms with Gasteiger partial charge in [0.2, 0.25) is 11.9 Å². The van der Waals surface area contributed by atoms with Gasteiger partial charge in [0.25, 0.3) is 0 Å². The predicted molar refractivity (Wildman–Crippen MR) is 80.2 cm³/mol. The zero-order chi connectivity index (χ0) is 14.7. The molecule has 1 N–H and O–H groups in total. The van der Waals surface area contributed by atoms with E-state index in [1.165, 1.54) is 0 Å². The predicted octanol–water partition coefficient (Wildman–Crippen LogP) is 3.08. The van der Waals surface area contributed by atoms with Crippen LogP contribution in [-0.2, 0) is 0 Å². The van der Waals surface area contributed by atoms with Crippen LogP contribution in [0.5, 0.6) is 11.8 Å². The highest BCUT2D eigenvalue weighted by atomic mass is 35.5. The Kier molecular flexibility index (Phi) is 4.46. The molecule has 0 aliphatic carbocycles. The van der Waals surface area contributed by atoms with Gasteiger partial charge in [0.05, 0.1) is 0 Å². The minimum absolute atomic E-state index is 0.159. The number of hydrogen-bond donors (Lipinski definition) is 1. The summed E-state index contributed by atoms with van der Waals surface area (Å²) in [6, 6.07) is 5.04. The molecule has 2 aromatic rings. The normalized spacial score (nSPS) is 10.2. The van der Waals surface area contributed by atoms with E-state index < -0.39 is 0 Å². The molecule has 106 valence electrons. The SMILES string of the molecule is CNc1nc(Oc2cc(Cl)cc(Cl)c2)nc(N(C)C)n1. The van der Waals surface area contributed by atoms with Crippen molar-refractivity contribution in [3.05, 3.63) is 28.2 Å². The zero-order valence-corrected chi connectivity index (χ0v) is 12.7. The highest BCUT2D eigenvalue weighted by molar-refractivity contribution is 6.34. The monoisotopic (exact) mass is 313 g/mol. The second-order valence-electron chi connectivity index (χ2n) is 4.09. The Labute approximate surface area is 126 Å². The number of rotatable bonds is 4. The molecule has 20 heavy (non-hydrogen) atoms. The number of anilines is 2. The lowest BCUT2D eigenvalue weighted by Crippen LogP contribution is -2.15. The lowest BCUT2D eigenvalue weighted by Gasteiger charge is -2.12. The molecular formula is C12H13Cl2N5O. The lowest BCUT2D eigenvalue weighted by atomic mass is 10.3. The van der Waals surface area contributed by atoms with Crippen LogP contribution in [0.2, 0.25) is 10.0 Å². The van der Waals surface area contributed by atoms with E-state index in [2.05, 4.69) is 20.3 Å². The number of ether oxygens (including phenoxy) is 1. The van der Waals surface area contributed by atoms with Crippen molar-refractivity contribution in [1.29, 1.82) is 0 Å². The van der Waals surface area contributed by atoms with Gasteiger partial charge in [0.15, 0.2) is 0 Å². The maximum Gasteiger partial charge on any atom is 0.328 e. The van der Waals surface area contributed by atoms with Crippen molar-refractivity contribution in [3.8, 4) is 11.8 Å². The third-order valence-electron chi connectivity index (χ3n) is 2.27. The van der Waals surface area contributed by atoms with E-state index in [1.807, 2.05) is 14.1 Å². The standard InChI is InChI=1S/C12H13Cl2N5O/c1-15-10-16-11(19(2)3)18-12(17-10)20-9-5-7(13)4-8(14)6-9/h4-6H,1-3H3,(H,15,16,17,18). The van der Waals surface area contributed by atoms with Crippen molar-refractivity contribution in [2.24, 2.45) is 0 Å². The first-order valence-electron chi connectivity index (χ1n) is 5.73. The van der Waals surface area contributed by atoms with Crippen LogP contribution in [-0.4, -0.2) is 36.1 Å². The van der Waals surface area contributed by atoms with Gasteiger partial charge >= 0.3 is 6.01 Å². The third-order valence-corrected chi connectivity index (χ3v) is 2.71. The molecule has 1 aromatic heterocycles. The Bertz CT molecular complexity index is 601. The quantitative estimate of drug-likeness (QED) is 0.936. The molecule has 0 atom stereocenters. The fraction of sp³-hybridized carbons (Fsp3) is 0.250. The van der Waals surface area contributed by atoms with E-state index in [9.17, 15) is 0 Å². The van der Waals surface area contributed by atoms with Gasteiger partial charge in [-0.2, -0.15) is 15.0 Å². The minimum Gasteiger partial charge on any atom is -0.424 e. The van der Waals surface area contributed by atoms with Crippen molar-refractivity contribution in [2.75, 3.05) is 31.4 Å². The summed E-state index contributed by atoms with van der Waals surface area (Å²) in [7, 11) is 5.37. The average molecular weight is 314 g/mol. The maximum absolute atomic E-state index is 5.92. The molecule has 0 aliphatic rings. The van der Waals surface area contributed by atoms with E-state index in [4.69, 9.17) is 27.9 Å². The summed E-state index contributed by atoms with van der Waals surface area (Å²) in [5, 5.41) is 3.80. The van der Waals surface area contributed by atoms with Gasteiger partial charge in [0, 0.05) is 31.2 Å². The van der Waals surface area contributed by atoms with Crippen LogP contribution in [0.15, 0.2) is 18.2 Å². The number of halogens is 2. The van der Waals surface area contributed by atoms with Gasteiger partial charge in [-0.25, -0.2) is 0 Å². The van der Waals surface area contributed by atoms with Gasteiger partial charge in [-0.05, 0) is 18.2 Å². The molecular weight excluding hydrogens is 301 g/mol. The van der Waals surface area contributed by atoms with Crippen molar-refractivity contribution >= 4 is 35.1 Å². The molecule has 0 spiro atoms. The van der Waals surface area contributed by atoms with Crippen LogP contribution in [0.1, 0.15) is 0 Å². The molecule has 0 radical (unpaired) electrons. The van der Waals surface area contributed by atoms with Gasteiger partial charge in [-0.3, -0.25) is 0 Å². The van der Waals surface area contributed by atoms with Crippen LogP contribution >= 0.6 is 23.2 Å². The number of hydrogen-bond acceptors (Lipinski definition) is 6. The summed E-state index contributed by atoms with van der Waals surface area (Å²) in [5.41, 5.74) is 0. The molecule has 1 heterocycles. The summed E-state index contributed by atoms with van der Waals surface area (Å²) in [6.07, 6.45) is 0. The maximum atomic E-state index is 5.92. The van der Waals surface area contributed by atoms with Crippen molar-refractivity contribution < 1.29 is 4.74 Å². The number of nitrogens with zero attached hydrogens (tertiary/aromatic N) is 4. The van der Waals surface area contributed by atoms with E-state index in [0.29, 0.717) is 27.7 Å². The Morgan fingerprint density at radius 1 is 1.05 bits per heavy atom. The molecule has 0 saturated heterocycles. The van der Waals surface area contributed by atoms with Crippen LogP contribution in [0.4, 0.5) is 11.9 Å². The molecule has 0 aliphatic heterocycles. The highest BCUT2D eigenvalue weighted by Crippen LogP contribution is 2.27. The first-order valence-corrected chi connectivity index (χ1v) is 6.48. The molecule has 6 nitrogen and oxygen atoms in total. The summed E-state index contributed by atoms with van der Waals surface area (Å²) in [6.45, 7) is 0. The Balaban J connectivity index is 2.34. The highest BCUT2D eigenvalue weighted by Gasteiger charge is 2.10. The molecule has 0 saturated carbocycles. The van der Waals surface area contributed by atoms with E-state index >= 15 is 0 Å². The van der Waals surface area contributed by atoms with Crippen LogP contribution in [0, 0.1) is 0 Å². The first kappa shape index (κ1) is 14.6. The zero-order valence-electron chi connectivity index (χ0n) is 11.2. The molecule has 1 aromatic carbocycles. The van der Waals surface area contributed by atoms with Gasteiger partial charge in [-0.15, -0.1) is 0 Å². The van der Waals surface area contributed by atoms with Crippen LogP contribution in [0.25, 0.3) is 0 Å². The van der Waals surface area contributed by atoms with Gasteiger partial charge < -0.3 is 15.0 Å². The molecule has 0 unspecified atom stereocenters. The summed E-state index contributed by atoms with van der Waals surface area (Å²) in [5.74, 6) is 1.35. The van der Waals surface area contributed by atoms with Crippen LogP contribution in [0.3, 0.4) is 0 Å². The Morgan fingerprint density at radius 2 is 1.70 bits per heavy atom. The topological polar surface area (TPSA) is 63.2 Å². The molecule has 8 heteroatoms. The van der Waals surface area contributed by atoms with E-state index in [0.717, 1.165) is 0 Å². The summed E-state index contributed by atoms with van der Waals surface area (Å²) in [4.78, 5) is 14.3. The summed E-state index contributed by atoms with van der Waals surface area (Å²) < 4.78 is 5.58. The van der Waals surface area contributed by atoms with E-state index in [-0.39, 0.29) is 6.01 Å². The smallest absolute Gasteiger partial charge is 0.328 e. The van der Waals surface area contributed by atoms with E-state index in [1.54, 1.807) is 30.1 Å². The Hall–Kier alpha value is -1.79. The van der Waals surface area contributed by atoms with Gasteiger partial charge in [0.1, 0.15) is 5.75 Å². The lowest BCUT2D eigenvalue weighted by molar-refractivity contribution is 0.440. The molecule has 0 bridgehead atoms. The van der Waals surface area contributed by atoms with Gasteiger partial charge in [-0.1, -0.05) is 23.2 Å². The second-order valence-corrected chi connectivity index (χ2v) is 4.97. The molecule has 2 rings (SSSR count). The molecule has 0 amide bonds. The second kappa shape index (κ2) is 6.11. The van der Waals surface area contributed by atoms with Crippen molar-refractivity contribution in [3.63, 3.8) is 0 Å². The third kappa shape index (κ3) is 3.61. The molecule has 0 fully saturated rings. The first-order chi connectivity index (χ1) is 9.47. The fourth-order valence-electron chi connectivity index (χ4n) is 1.40. The number of aromatic nitrogens is 3. The van der Waals surface area contributed by atoms with Crippen molar-refractivity contribution in [1.82, 2.24) is 15.0 Å². The minimum atomic E-state index is 0.159. The average Bonchev–Trinajstić information content (AvgIpc) is 2.36.